The normalized spacial score (nSPS) is 16.1. The number of hydrogen-bond acceptors (Lipinski definition) is 5. The van der Waals surface area contributed by atoms with Gasteiger partial charge in [0.1, 0.15) is 0 Å². The number of benzene rings is 1. The molecule has 2 amide bonds. The molecular formula is C21H30N4OS2. The maximum atomic E-state index is 12.3. The zero-order chi connectivity index (χ0) is 19.8. The lowest BCUT2D eigenvalue weighted by molar-refractivity contribution is 0.244. The number of hydrogen-bond donors (Lipinski definition) is 2. The molecule has 2 aromatic rings. The van der Waals surface area contributed by atoms with Gasteiger partial charge in [-0.15, -0.1) is 11.3 Å². The summed E-state index contributed by atoms with van der Waals surface area (Å²) >= 11 is 3.76. The monoisotopic (exact) mass is 418 g/mol. The quantitative estimate of drug-likeness (QED) is 0.685. The molecule has 1 atom stereocenters. The summed E-state index contributed by atoms with van der Waals surface area (Å²) in [6.07, 6.45) is 1.06. The smallest absolute Gasteiger partial charge is 0.319 e. The van der Waals surface area contributed by atoms with Crippen LogP contribution in [0.1, 0.15) is 16.5 Å². The molecule has 0 radical (unpaired) electrons. The first-order chi connectivity index (χ1) is 13.6. The summed E-state index contributed by atoms with van der Waals surface area (Å²) in [7, 11) is 4.07. The molecule has 1 aromatic heterocycles. The van der Waals surface area contributed by atoms with E-state index in [-0.39, 0.29) is 12.1 Å². The van der Waals surface area contributed by atoms with Crippen molar-refractivity contribution in [1.82, 2.24) is 15.1 Å². The Labute approximate surface area is 176 Å². The summed E-state index contributed by atoms with van der Waals surface area (Å²) < 4.78 is 0. The van der Waals surface area contributed by atoms with Crippen LogP contribution in [0, 0.1) is 0 Å². The number of carbonyl (C=O) groups excluding carboxylic acids is 1. The van der Waals surface area contributed by atoms with Gasteiger partial charge in [0.15, 0.2) is 0 Å². The van der Waals surface area contributed by atoms with Gasteiger partial charge < -0.3 is 20.4 Å². The van der Waals surface area contributed by atoms with Gasteiger partial charge in [-0.05, 0) is 49.7 Å². The van der Waals surface area contributed by atoms with Crippen molar-refractivity contribution in [3.63, 3.8) is 0 Å². The first-order valence-corrected chi connectivity index (χ1v) is 11.8. The summed E-state index contributed by atoms with van der Waals surface area (Å²) in [4.78, 5) is 18.2. The predicted octanol–water partition coefficient (Wildman–Crippen LogP) is 3.76. The van der Waals surface area contributed by atoms with Crippen molar-refractivity contribution >= 4 is 34.8 Å². The Kier molecular flexibility index (Phi) is 8.21. The van der Waals surface area contributed by atoms with E-state index in [0.717, 1.165) is 18.7 Å². The van der Waals surface area contributed by atoms with E-state index in [1.54, 1.807) is 11.3 Å². The number of nitrogens with one attached hydrogen (secondary N) is 2. The van der Waals surface area contributed by atoms with Gasteiger partial charge in [-0.2, -0.15) is 11.8 Å². The van der Waals surface area contributed by atoms with Gasteiger partial charge in [0.2, 0.25) is 0 Å². The van der Waals surface area contributed by atoms with E-state index in [9.17, 15) is 4.79 Å². The fourth-order valence-corrected chi connectivity index (χ4v) is 5.15. The van der Waals surface area contributed by atoms with Crippen molar-refractivity contribution < 1.29 is 4.79 Å². The highest BCUT2D eigenvalue weighted by molar-refractivity contribution is 7.99. The Balaban J connectivity index is 1.43. The lowest BCUT2D eigenvalue weighted by Crippen LogP contribution is -2.36. The standard InChI is InChI=1S/C21H30N4OS2/c1-24(2)19(20-4-3-13-28-20)16-22-21(26)23-18-7-5-17(6-8-18)9-10-25-11-14-27-15-12-25/h3-8,13,19H,9-12,14-16H2,1-2H3,(H2,22,23,26). The highest BCUT2D eigenvalue weighted by Crippen LogP contribution is 2.22. The second kappa shape index (κ2) is 10.9. The average Bonchev–Trinajstić information content (AvgIpc) is 3.22. The van der Waals surface area contributed by atoms with E-state index in [0.29, 0.717) is 6.54 Å². The van der Waals surface area contributed by atoms with Gasteiger partial charge in [0.25, 0.3) is 0 Å². The molecule has 0 aliphatic carbocycles. The van der Waals surface area contributed by atoms with Gasteiger partial charge >= 0.3 is 6.03 Å². The zero-order valence-corrected chi connectivity index (χ0v) is 18.3. The van der Waals surface area contributed by atoms with Gasteiger partial charge in [-0.1, -0.05) is 18.2 Å². The molecule has 1 fully saturated rings. The maximum Gasteiger partial charge on any atom is 0.319 e. The molecule has 1 aliphatic rings. The summed E-state index contributed by atoms with van der Waals surface area (Å²) in [5.41, 5.74) is 2.14. The van der Waals surface area contributed by atoms with Crippen molar-refractivity contribution in [2.24, 2.45) is 0 Å². The van der Waals surface area contributed by atoms with Gasteiger partial charge in [-0.25, -0.2) is 4.79 Å². The summed E-state index contributed by atoms with van der Waals surface area (Å²) in [6.45, 7) is 4.09. The number of nitrogens with zero attached hydrogens (tertiary/aromatic N) is 2. The van der Waals surface area contributed by atoms with Crippen LogP contribution in [0.15, 0.2) is 41.8 Å². The molecule has 1 aromatic carbocycles. The SMILES string of the molecule is CN(C)C(CNC(=O)Nc1ccc(CCN2CCSCC2)cc1)c1cccs1. The topological polar surface area (TPSA) is 47.6 Å². The molecule has 28 heavy (non-hydrogen) atoms. The number of urea groups is 1. The second-order valence-electron chi connectivity index (χ2n) is 7.23. The molecule has 1 saturated heterocycles. The Hall–Kier alpha value is -1.54. The molecule has 1 aliphatic heterocycles. The summed E-state index contributed by atoms with van der Waals surface area (Å²) in [6, 6.07) is 12.4. The number of thioether (sulfide) groups is 1. The van der Waals surface area contributed by atoms with E-state index >= 15 is 0 Å². The number of rotatable bonds is 8. The van der Waals surface area contributed by atoms with Crippen LogP contribution in [0.3, 0.4) is 0 Å². The van der Waals surface area contributed by atoms with Crippen LogP contribution in [-0.4, -0.2) is 67.6 Å². The van der Waals surface area contributed by atoms with Crippen molar-refractivity contribution in [2.75, 3.05) is 57.1 Å². The third kappa shape index (κ3) is 6.51. The molecule has 3 rings (SSSR count). The summed E-state index contributed by atoms with van der Waals surface area (Å²) in [5, 5.41) is 7.99. The first-order valence-electron chi connectivity index (χ1n) is 9.75. The number of likely N-dealkylation sites (N-methyl/N-ethyl adjacent to an activating group) is 1. The minimum Gasteiger partial charge on any atom is -0.336 e. The van der Waals surface area contributed by atoms with Gasteiger partial charge in [0, 0.05) is 48.2 Å². The van der Waals surface area contributed by atoms with Gasteiger partial charge in [-0.3, -0.25) is 0 Å². The largest absolute Gasteiger partial charge is 0.336 e. The highest BCUT2D eigenvalue weighted by atomic mass is 32.2. The van der Waals surface area contributed by atoms with E-state index in [1.165, 1.54) is 35.0 Å². The van der Waals surface area contributed by atoms with E-state index < -0.39 is 0 Å². The third-order valence-electron chi connectivity index (χ3n) is 4.98. The van der Waals surface area contributed by atoms with Crippen molar-refractivity contribution in [1.29, 1.82) is 0 Å². The lowest BCUT2D eigenvalue weighted by Gasteiger charge is -2.26. The molecule has 152 valence electrons. The average molecular weight is 419 g/mol. The van der Waals surface area contributed by atoms with E-state index in [2.05, 4.69) is 44.0 Å². The van der Waals surface area contributed by atoms with Crippen molar-refractivity contribution in [3.8, 4) is 0 Å². The molecule has 2 heterocycles. The Morgan fingerprint density at radius 1 is 1.18 bits per heavy atom. The fourth-order valence-electron chi connectivity index (χ4n) is 3.25. The third-order valence-corrected chi connectivity index (χ3v) is 6.90. The molecular weight excluding hydrogens is 388 g/mol. The van der Waals surface area contributed by atoms with Crippen LogP contribution < -0.4 is 10.6 Å². The molecule has 0 saturated carbocycles. The van der Waals surface area contributed by atoms with Crippen molar-refractivity contribution in [2.45, 2.75) is 12.5 Å². The van der Waals surface area contributed by atoms with Crippen LogP contribution in [0.2, 0.25) is 0 Å². The maximum absolute atomic E-state index is 12.3. The highest BCUT2D eigenvalue weighted by Gasteiger charge is 2.16. The lowest BCUT2D eigenvalue weighted by atomic mass is 10.1. The molecule has 1 unspecified atom stereocenters. The van der Waals surface area contributed by atoms with Gasteiger partial charge in [0.05, 0.1) is 6.04 Å². The molecule has 5 nitrogen and oxygen atoms in total. The number of thiophene rings is 1. The fraction of sp³-hybridized carbons (Fsp3) is 0.476. The zero-order valence-electron chi connectivity index (χ0n) is 16.7. The molecule has 2 N–H and O–H groups in total. The Morgan fingerprint density at radius 2 is 1.93 bits per heavy atom. The van der Waals surface area contributed by atoms with Crippen LogP contribution >= 0.6 is 23.1 Å². The minimum absolute atomic E-state index is 0.165. The van der Waals surface area contributed by atoms with E-state index in [1.807, 2.05) is 44.1 Å². The van der Waals surface area contributed by atoms with E-state index in [4.69, 9.17) is 0 Å². The van der Waals surface area contributed by atoms with Crippen LogP contribution in [0.5, 0.6) is 0 Å². The van der Waals surface area contributed by atoms with Crippen LogP contribution in [0.4, 0.5) is 10.5 Å². The Bertz CT molecular complexity index is 713. The number of carbonyl (C=O) groups is 1. The number of amides is 2. The molecule has 7 heteroatoms. The van der Waals surface area contributed by atoms with Crippen LogP contribution in [0.25, 0.3) is 0 Å². The first kappa shape index (κ1) is 21.2. The molecule has 0 spiro atoms. The van der Waals surface area contributed by atoms with Crippen molar-refractivity contribution in [3.05, 3.63) is 52.2 Å². The Morgan fingerprint density at radius 3 is 2.57 bits per heavy atom. The minimum atomic E-state index is -0.165. The van der Waals surface area contributed by atoms with Crippen LogP contribution in [-0.2, 0) is 6.42 Å². The number of anilines is 1. The second-order valence-corrected chi connectivity index (χ2v) is 9.43. The molecule has 0 bridgehead atoms. The summed E-state index contributed by atoms with van der Waals surface area (Å²) in [5.74, 6) is 2.50. The predicted molar refractivity (Wildman–Crippen MR) is 122 cm³/mol.